The molecule has 11 nitrogen and oxygen atoms in total. The van der Waals surface area contributed by atoms with E-state index >= 15 is 0 Å². The molecule has 0 saturated carbocycles. The predicted octanol–water partition coefficient (Wildman–Crippen LogP) is -0.545. The van der Waals surface area contributed by atoms with Gasteiger partial charge in [0, 0.05) is 0 Å². The van der Waals surface area contributed by atoms with E-state index in [1.807, 2.05) is 13.8 Å². The number of unbranched alkanes of at least 4 members (excludes halogenated alkanes) is 1. The first-order chi connectivity index (χ1) is 15.4. The number of rotatable bonds is 16. The third kappa shape index (κ3) is 10.5. The van der Waals surface area contributed by atoms with Crippen LogP contribution in [0.15, 0.2) is 0 Å². The van der Waals surface area contributed by atoms with E-state index in [9.17, 15) is 29.4 Å². The Morgan fingerprint density at radius 2 is 1.24 bits per heavy atom. The van der Waals surface area contributed by atoms with Gasteiger partial charge in [-0.2, -0.15) is 0 Å². The fourth-order valence-electron chi connectivity index (χ4n) is 3.18. The molecule has 33 heavy (non-hydrogen) atoms. The zero-order valence-electron chi connectivity index (χ0n) is 20.5. The maximum absolute atomic E-state index is 12.9. The van der Waals surface area contributed by atoms with Gasteiger partial charge in [0.05, 0.1) is 12.1 Å². The van der Waals surface area contributed by atoms with E-state index in [1.165, 1.54) is 6.92 Å². The first-order valence-electron chi connectivity index (χ1n) is 11.7. The van der Waals surface area contributed by atoms with Crippen LogP contribution < -0.4 is 27.4 Å². The van der Waals surface area contributed by atoms with Gasteiger partial charge < -0.3 is 37.6 Å². The Hall–Kier alpha value is -2.24. The Morgan fingerprint density at radius 3 is 1.70 bits per heavy atom. The molecule has 0 aliphatic heterocycles. The lowest BCUT2D eigenvalue weighted by molar-refractivity contribution is -0.144. The average molecular weight is 474 g/mol. The Kier molecular flexibility index (Phi) is 14.5. The molecule has 9 N–H and O–H groups in total. The van der Waals surface area contributed by atoms with Crippen LogP contribution in [0.5, 0.6) is 0 Å². The molecule has 7 atom stereocenters. The first kappa shape index (κ1) is 30.8. The molecule has 0 bridgehead atoms. The fraction of sp³-hybridized carbons (Fsp3) is 0.818. The maximum atomic E-state index is 12.9. The Balaban J connectivity index is 5.44. The second-order valence-electron chi connectivity index (χ2n) is 8.70. The van der Waals surface area contributed by atoms with Gasteiger partial charge in [-0.1, -0.05) is 47.0 Å². The molecule has 11 heteroatoms. The van der Waals surface area contributed by atoms with Gasteiger partial charge in [-0.25, -0.2) is 4.79 Å². The van der Waals surface area contributed by atoms with Crippen molar-refractivity contribution in [3.8, 4) is 0 Å². The molecule has 0 aromatic heterocycles. The number of carbonyl (C=O) groups excluding carboxylic acids is 3. The van der Waals surface area contributed by atoms with Crippen LogP contribution in [0, 0.1) is 11.8 Å². The maximum Gasteiger partial charge on any atom is 0.326 e. The van der Waals surface area contributed by atoms with Gasteiger partial charge in [0.25, 0.3) is 0 Å². The number of nitrogens with one attached hydrogen (secondary N) is 3. The van der Waals surface area contributed by atoms with Crippen molar-refractivity contribution >= 4 is 23.7 Å². The van der Waals surface area contributed by atoms with Crippen molar-refractivity contribution in [2.45, 2.75) is 97.0 Å². The lowest BCUT2D eigenvalue weighted by atomic mass is 9.95. The second kappa shape index (κ2) is 15.6. The topological polar surface area (TPSA) is 197 Å². The number of amides is 3. The van der Waals surface area contributed by atoms with Gasteiger partial charge in [0.15, 0.2) is 0 Å². The minimum atomic E-state index is -1.33. The Morgan fingerprint density at radius 1 is 0.788 bits per heavy atom. The van der Waals surface area contributed by atoms with E-state index in [1.54, 1.807) is 13.8 Å². The number of aliphatic carboxylic acids is 1. The molecule has 0 radical (unpaired) electrons. The largest absolute Gasteiger partial charge is 0.480 e. The summed E-state index contributed by atoms with van der Waals surface area (Å²) in [7, 11) is 0. The summed E-state index contributed by atoms with van der Waals surface area (Å²) in [5.41, 5.74) is 11.3. The number of aliphatic hydroxyl groups excluding tert-OH is 1. The van der Waals surface area contributed by atoms with Crippen LogP contribution in [0.3, 0.4) is 0 Å². The summed E-state index contributed by atoms with van der Waals surface area (Å²) in [6.45, 7) is 8.92. The SMILES string of the molecule is CCC(C)C(NC(=O)C(NC(=O)C(NC(=O)C(N)CCCCN)C(C)O)C(C)CC)C(=O)O. The van der Waals surface area contributed by atoms with Gasteiger partial charge in [0.1, 0.15) is 18.1 Å². The zero-order valence-corrected chi connectivity index (χ0v) is 20.5. The average Bonchev–Trinajstić information content (AvgIpc) is 2.77. The smallest absolute Gasteiger partial charge is 0.326 e. The lowest BCUT2D eigenvalue weighted by Crippen LogP contribution is -2.61. The number of aliphatic hydroxyl groups is 1. The third-order valence-electron chi connectivity index (χ3n) is 5.94. The molecule has 0 heterocycles. The normalized spacial score (nSPS) is 17.6. The van der Waals surface area contributed by atoms with Crippen LogP contribution in [0.1, 0.15) is 66.7 Å². The molecule has 0 aliphatic rings. The first-order valence-corrected chi connectivity index (χ1v) is 11.7. The molecule has 0 rings (SSSR count). The summed E-state index contributed by atoms with van der Waals surface area (Å²) in [5, 5.41) is 27.1. The fourth-order valence-corrected chi connectivity index (χ4v) is 3.18. The van der Waals surface area contributed by atoms with Gasteiger partial charge in [-0.3, -0.25) is 14.4 Å². The summed E-state index contributed by atoms with van der Waals surface area (Å²) in [4.78, 5) is 49.8. The number of carboxylic acids is 1. The van der Waals surface area contributed by atoms with E-state index in [0.717, 1.165) is 0 Å². The van der Waals surface area contributed by atoms with E-state index in [-0.39, 0.29) is 11.8 Å². The molecule has 7 unspecified atom stereocenters. The second-order valence-corrected chi connectivity index (χ2v) is 8.70. The van der Waals surface area contributed by atoms with Crippen LogP contribution in [-0.2, 0) is 19.2 Å². The standard InChI is InChI=1S/C22H43N5O6/c1-6-12(3)16(20(30)26-17(22(32)33)13(4)7-2)25-21(31)18(14(5)28)27-19(29)15(24)10-8-9-11-23/h12-18,28H,6-11,23-24H2,1-5H3,(H,25,31)(H,26,30)(H,27,29)(H,32,33). The molecule has 0 aliphatic carbocycles. The molecule has 3 amide bonds. The van der Waals surface area contributed by atoms with Crippen molar-refractivity contribution in [1.82, 2.24) is 16.0 Å². The summed E-state index contributed by atoms with van der Waals surface area (Å²) in [5.74, 6) is -3.80. The summed E-state index contributed by atoms with van der Waals surface area (Å²) >= 11 is 0. The van der Waals surface area contributed by atoms with Gasteiger partial charge in [-0.15, -0.1) is 0 Å². The number of carboxylic acid groups (broad SMARTS) is 1. The zero-order chi connectivity index (χ0) is 25.7. The van der Waals surface area contributed by atoms with Crippen LogP contribution in [0.25, 0.3) is 0 Å². The number of hydrogen-bond acceptors (Lipinski definition) is 7. The molecular formula is C22H43N5O6. The van der Waals surface area contributed by atoms with Crippen LogP contribution in [-0.4, -0.2) is 70.7 Å². The highest BCUT2D eigenvalue weighted by molar-refractivity contribution is 5.94. The summed E-state index contributed by atoms with van der Waals surface area (Å²) < 4.78 is 0. The van der Waals surface area contributed by atoms with Gasteiger partial charge in [-0.05, 0) is 38.1 Å². The molecule has 0 aromatic carbocycles. The van der Waals surface area contributed by atoms with E-state index in [4.69, 9.17) is 11.5 Å². The van der Waals surface area contributed by atoms with Gasteiger partial charge in [0.2, 0.25) is 17.7 Å². The molecular weight excluding hydrogens is 430 g/mol. The summed E-state index contributed by atoms with van der Waals surface area (Å²) in [6.07, 6.45) is 1.55. The molecule has 0 saturated heterocycles. The number of carbonyl (C=O) groups is 4. The van der Waals surface area contributed by atoms with Crippen molar-refractivity contribution in [3.63, 3.8) is 0 Å². The Bertz CT molecular complexity index is 645. The highest BCUT2D eigenvalue weighted by atomic mass is 16.4. The van der Waals surface area contributed by atoms with E-state index < -0.39 is 54.0 Å². The van der Waals surface area contributed by atoms with Crippen LogP contribution >= 0.6 is 0 Å². The molecule has 0 aromatic rings. The molecule has 0 spiro atoms. The quantitative estimate of drug-likeness (QED) is 0.145. The van der Waals surface area contributed by atoms with Crippen LogP contribution in [0.2, 0.25) is 0 Å². The highest BCUT2D eigenvalue weighted by Gasteiger charge is 2.35. The monoisotopic (exact) mass is 473 g/mol. The van der Waals surface area contributed by atoms with Crippen molar-refractivity contribution in [3.05, 3.63) is 0 Å². The van der Waals surface area contributed by atoms with Crippen LogP contribution in [0.4, 0.5) is 0 Å². The van der Waals surface area contributed by atoms with Crippen molar-refractivity contribution < 1.29 is 29.4 Å². The summed E-state index contributed by atoms with van der Waals surface area (Å²) in [6, 6.07) is -4.36. The number of hydrogen-bond donors (Lipinski definition) is 7. The van der Waals surface area contributed by atoms with Crippen molar-refractivity contribution in [2.75, 3.05) is 6.54 Å². The van der Waals surface area contributed by atoms with E-state index in [0.29, 0.717) is 38.6 Å². The van der Waals surface area contributed by atoms with Gasteiger partial charge >= 0.3 is 5.97 Å². The highest BCUT2D eigenvalue weighted by Crippen LogP contribution is 2.13. The third-order valence-corrected chi connectivity index (χ3v) is 5.94. The number of nitrogens with two attached hydrogens (primary N) is 2. The van der Waals surface area contributed by atoms with Crippen molar-refractivity contribution in [2.24, 2.45) is 23.3 Å². The minimum absolute atomic E-state index is 0.315. The molecule has 192 valence electrons. The predicted molar refractivity (Wildman–Crippen MR) is 125 cm³/mol. The Labute approximate surface area is 196 Å². The molecule has 0 fully saturated rings. The minimum Gasteiger partial charge on any atom is -0.480 e. The lowest BCUT2D eigenvalue weighted by Gasteiger charge is -2.29. The van der Waals surface area contributed by atoms with E-state index in [2.05, 4.69) is 16.0 Å². The van der Waals surface area contributed by atoms with Crippen molar-refractivity contribution in [1.29, 1.82) is 0 Å².